The molecule has 0 spiro atoms. The maximum absolute atomic E-state index is 12.5. The van der Waals surface area contributed by atoms with E-state index in [0.29, 0.717) is 12.8 Å². The van der Waals surface area contributed by atoms with Crippen LogP contribution in [0.4, 0.5) is 5.69 Å². The van der Waals surface area contributed by atoms with E-state index in [1.807, 2.05) is 44.2 Å². The van der Waals surface area contributed by atoms with Crippen molar-refractivity contribution in [2.24, 2.45) is 11.8 Å². The highest BCUT2D eigenvalue weighted by Crippen LogP contribution is 2.38. The van der Waals surface area contributed by atoms with Crippen molar-refractivity contribution >= 4 is 17.5 Å². The van der Waals surface area contributed by atoms with Crippen LogP contribution in [0.25, 0.3) is 0 Å². The third-order valence-electron chi connectivity index (χ3n) is 4.10. The van der Waals surface area contributed by atoms with E-state index < -0.39 is 0 Å². The molecule has 3 nitrogen and oxygen atoms in total. The van der Waals surface area contributed by atoms with Gasteiger partial charge in [0.1, 0.15) is 0 Å². The van der Waals surface area contributed by atoms with Gasteiger partial charge in [-0.3, -0.25) is 9.59 Å². The Balaban J connectivity index is 2.02. The molecule has 0 saturated carbocycles. The number of carbonyl (C=O) groups is 2. The topological polar surface area (TPSA) is 37.4 Å². The summed E-state index contributed by atoms with van der Waals surface area (Å²) in [6.07, 6.45) is 5.41. The second-order valence-electron chi connectivity index (χ2n) is 5.46. The molecule has 1 aliphatic carbocycles. The fraction of sp³-hybridized carbons (Fsp3) is 0.375. The van der Waals surface area contributed by atoms with Gasteiger partial charge in [-0.25, -0.2) is 4.90 Å². The van der Waals surface area contributed by atoms with Crippen LogP contribution in [0.3, 0.4) is 0 Å². The molecule has 0 aromatic heterocycles. The Morgan fingerprint density at radius 3 is 2.11 bits per heavy atom. The third kappa shape index (κ3) is 1.81. The van der Waals surface area contributed by atoms with Crippen LogP contribution in [0.1, 0.15) is 24.0 Å². The minimum Gasteiger partial charge on any atom is -0.274 e. The molecule has 1 aliphatic heterocycles. The zero-order valence-electron chi connectivity index (χ0n) is 11.2. The van der Waals surface area contributed by atoms with E-state index in [1.54, 1.807) is 0 Å². The first-order valence-electron chi connectivity index (χ1n) is 6.69. The van der Waals surface area contributed by atoms with Gasteiger partial charge < -0.3 is 0 Å². The van der Waals surface area contributed by atoms with Gasteiger partial charge in [0, 0.05) is 0 Å². The van der Waals surface area contributed by atoms with Crippen LogP contribution in [-0.2, 0) is 9.59 Å². The lowest BCUT2D eigenvalue weighted by Gasteiger charge is -2.17. The molecule has 2 atom stereocenters. The molecule has 0 bridgehead atoms. The van der Waals surface area contributed by atoms with Gasteiger partial charge in [-0.2, -0.15) is 0 Å². The van der Waals surface area contributed by atoms with Crippen LogP contribution in [-0.4, -0.2) is 11.8 Å². The van der Waals surface area contributed by atoms with Crippen LogP contribution < -0.4 is 4.90 Å². The quantitative estimate of drug-likeness (QED) is 0.571. The number of fused-ring (bicyclic) bond motifs is 1. The second-order valence-corrected chi connectivity index (χ2v) is 5.46. The number of anilines is 1. The van der Waals surface area contributed by atoms with Crippen molar-refractivity contribution in [3.05, 3.63) is 41.5 Å². The van der Waals surface area contributed by atoms with E-state index in [9.17, 15) is 9.59 Å². The number of hydrogen-bond donors (Lipinski definition) is 0. The number of hydrogen-bond acceptors (Lipinski definition) is 2. The second kappa shape index (κ2) is 4.34. The van der Waals surface area contributed by atoms with Crippen LogP contribution in [0.5, 0.6) is 0 Å². The summed E-state index contributed by atoms with van der Waals surface area (Å²) in [7, 11) is 0. The molecule has 2 aliphatic rings. The summed E-state index contributed by atoms with van der Waals surface area (Å²) >= 11 is 0. The summed E-state index contributed by atoms with van der Waals surface area (Å²) in [5, 5.41) is 0. The molecule has 3 rings (SSSR count). The maximum Gasteiger partial charge on any atom is 0.238 e. The predicted octanol–water partition coefficient (Wildman–Crippen LogP) is 2.76. The molecule has 2 amide bonds. The van der Waals surface area contributed by atoms with Gasteiger partial charge in [-0.05, 0) is 38.3 Å². The minimum absolute atomic E-state index is 0.0358. The Bertz CT molecular complexity index is 562. The summed E-state index contributed by atoms with van der Waals surface area (Å²) in [5.74, 6) is -0.381. The Morgan fingerprint density at radius 1 is 1.00 bits per heavy atom. The van der Waals surface area contributed by atoms with Crippen LogP contribution in [0.15, 0.2) is 30.4 Å². The van der Waals surface area contributed by atoms with Gasteiger partial charge in [-0.1, -0.05) is 29.8 Å². The number of benzene rings is 1. The zero-order valence-corrected chi connectivity index (χ0v) is 11.2. The fourth-order valence-corrected chi connectivity index (χ4v) is 3.09. The fourth-order valence-electron chi connectivity index (χ4n) is 3.09. The van der Waals surface area contributed by atoms with Crippen molar-refractivity contribution in [2.45, 2.75) is 26.7 Å². The third-order valence-corrected chi connectivity index (χ3v) is 4.10. The van der Waals surface area contributed by atoms with E-state index >= 15 is 0 Å². The van der Waals surface area contributed by atoms with E-state index in [2.05, 4.69) is 0 Å². The van der Waals surface area contributed by atoms with Gasteiger partial charge in [-0.15, -0.1) is 0 Å². The van der Waals surface area contributed by atoms with Gasteiger partial charge in [0.25, 0.3) is 0 Å². The predicted molar refractivity (Wildman–Crippen MR) is 73.8 cm³/mol. The largest absolute Gasteiger partial charge is 0.274 e. The summed E-state index contributed by atoms with van der Waals surface area (Å²) in [6.45, 7) is 3.96. The molecule has 0 unspecified atom stereocenters. The number of carbonyl (C=O) groups excluding carboxylic acids is 2. The first-order valence-corrected chi connectivity index (χ1v) is 6.69. The Labute approximate surface area is 112 Å². The van der Waals surface area contributed by atoms with Gasteiger partial charge in [0.15, 0.2) is 0 Å². The van der Waals surface area contributed by atoms with Crippen molar-refractivity contribution in [2.75, 3.05) is 4.90 Å². The van der Waals surface area contributed by atoms with E-state index in [1.165, 1.54) is 4.90 Å². The molecular weight excluding hydrogens is 238 g/mol. The highest BCUT2D eigenvalue weighted by atomic mass is 16.2. The smallest absolute Gasteiger partial charge is 0.238 e. The molecule has 1 heterocycles. The standard InChI is InChI=1S/C16H17NO2/c1-10-7-8-14(11(2)9-10)17-15(18)12-5-3-4-6-13(12)16(17)19/h3-4,7-9,12-13H,5-6H2,1-2H3/t12-,13+. The maximum atomic E-state index is 12.5. The average Bonchev–Trinajstić information content (AvgIpc) is 2.64. The molecule has 0 N–H and O–H groups in total. The van der Waals surface area contributed by atoms with Crippen molar-refractivity contribution in [1.82, 2.24) is 0 Å². The van der Waals surface area contributed by atoms with Crippen molar-refractivity contribution in [1.29, 1.82) is 0 Å². The number of nitrogens with zero attached hydrogens (tertiary/aromatic N) is 1. The van der Waals surface area contributed by atoms with E-state index in [-0.39, 0.29) is 23.7 Å². The number of rotatable bonds is 1. The van der Waals surface area contributed by atoms with Crippen LogP contribution >= 0.6 is 0 Å². The van der Waals surface area contributed by atoms with Gasteiger partial charge in [0.05, 0.1) is 17.5 Å². The lowest BCUT2D eigenvalue weighted by molar-refractivity contribution is -0.122. The average molecular weight is 255 g/mol. The van der Waals surface area contributed by atoms with E-state index in [4.69, 9.17) is 0 Å². The van der Waals surface area contributed by atoms with Crippen LogP contribution in [0, 0.1) is 25.7 Å². The van der Waals surface area contributed by atoms with Gasteiger partial charge in [0.2, 0.25) is 11.8 Å². The molecule has 1 saturated heterocycles. The number of aryl methyl sites for hydroxylation is 2. The Kier molecular flexibility index (Phi) is 2.77. The highest BCUT2D eigenvalue weighted by Gasteiger charge is 2.48. The van der Waals surface area contributed by atoms with E-state index in [0.717, 1.165) is 16.8 Å². The van der Waals surface area contributed by atoms with Crippen molar-refractivity contribution < 1.29 is 9.59 Å². The van der Waals surface area contributed by atoms with Gasteiger partial charge >= 0.3 is 0 Å². The number of imide groups is 1. The number of amides is 2. The SMILES string of the molecule is Cc1ccc(N2C(=O)[C@H]3CC=CC[C@H]3C2=O)c(C)c1. The summed E-state index contributed by atoms with van der Waals surface area (Å²) in [4.78, 5) is 26.3. The highest BCUT2D eigenvalue weighted by molar-refractivity contribution is 6.22. The summed E-state index contributed by atoms with van der Waals surface area (Å²) in [5.41, 5.74) is 2.86. The van der Waals surface area contributed by atoms with Crippen molar-refractivity contribution in [3.8, 4) is 0 Å². The zero-order chi connectivity index (χ0) is 13.6. The normalized spacial score (nSPS) is 25.9. The lowest BCUT2D eigenvalue weighted by Crippen LogP contribution is -2.31. The molecule has 98 valence electrons. The molecular formula is C16H17NO2. The number of allylic oxidation sites excluding steroid dienone is 2. The first kappa shape index (κ1) is 12.2. The van der Waals surface area contributed by atoms with Crippen molar-refractivity contribution in [3.63, 3.8) is 0 Å². The Hall–Kier alpha value is -1.90. The molecule has 1 fully saturated rings. The lowest BCUT2D eigenvalue weighted by atomic mass is 9.85. The first-order chi connectivity index (χ1) is 9.09. The monoisotopic (exact) mass is 255 g/mol. The summed E-state index contributed by atoms with van der Waals surface area (Å²) in [6, 6.07) is 5.84. The molecule has 3 heteroatoms. The molecule has 19 heavy (non-hydrogen) atoms. The summed E-state index contributed by atoms with van der Waals surface area (Å²) < 4.78 is 0. The molecule has 1 aromatic rings. The Morgan fingerprint density at radius 2 is 1.58 bits per heavy atom. The molecule has 0 radical (unpaired) electrons. The minimum atomic E-state index is -0.154. The molecule has 1 aromatic carbocycles. The van der Waals surface area contributed by atoms with Crippen LogP contribution in [0.2, 0.25) is 0 Å².